The van der Waals surface area contributed by atoms with E-state index in [1.165, 1.54) is 13.8 Å². The van der Waals surface area contributed by atoms with Crippen LogP contribution in [-0.4, -0.2) is 87.8 Å². The van der Waals surface area contributed by atoms with E-state index in [4.69, 9.17) is 27.4 Å². The van der Waals surface area contributed by atoms with E-state index in [2.05, 4.69) is 15.6 Å². The topological polar surface area (TPSA) is 273 Å². The summed E-state index contributed by atoms with van der Waals surface area (Å²) in [6, 6.07) is -5.53. The number of guanidine groups is 1. The summed E-state index contributed by atoms with van der Waals surface area (Å²) >= 11 is 0. The van der Waals surface area contributed by atoms with Crippen LogP contribution in [0.5, 0.6) is 0 Å². The third-order valence-corrected chi connectivity index (χ3v) is 4.05. The van der Waals surface area contributed by atoms with E-state index in [1.54, 1.807) is 0 Å². The second-order valence-corrected chi connectivity index (χ2v) is 7.02. The number of aliphatic imine (C=N–C) groups is 1. The molecule has 5 unspecified atom stereocenters. The van der Waals surface area contributed by atoms with Crippen LogP contribution in [0.3, 0.4) is 0 Å². The highest BCUT2D eigenvalue weighted by Gasteiger charge is 2.32. The third kappa shape index (κ3) is 11.1. The van der Waals surface area contributed by atoms with Gasteiger partial charge in [0.05, 0.1) is 18.6 Å². The van der Waals surface area contributed by atoms with Crippen molar-refractivity contribution in [3.05, 3.63) is 0 Å². The van der Waals surface area contributed by atoms with Crippen LogP contribution in [-0.2, 0) is 24.0 Å². The molecule has 0 radical (unpaired) electrons. The fourth-order valence-electron chi connectivity index (χ4n) is 2.37. The molecule has 0 spiro atoms. The van der Waals surface area contributed by atoms with Crippen molar-refractivity contribution in [3.63, 3.8) is 0 Å². The number of aliphatic hydroxyl groups excluding tert-OH is 1. The zero-order valence-corrected chi connectivity index (χ0v) is 17.8. The Morgan fingerprint density at radius 3 is 1.91 bits per heavy atom. The number of nitrogens with zero attached hydrogens (tertiary/aromatic N) is 1. The number of nitrogens with two attached hydrogens (primary N) is 3. The number of hydrogen-bond donors (Lipinski definition) is 9. The largest absolute Gasteiger partial charge is 0.481 e. The molecule has 0 aliphatic heterocycles. The zero-order valence-electron chi connectivity index (χ0n) is 17.8. The van der Waals surface area contributed by atoms with Crippen molar-refractivity contribution in [3.8, 4) is 0 Å². The van der Waals surface area contributed by atoms with E-state index < -0.39 is 66.4 Å². The fraction of sp³-hybridized carbons (Fsp3) is 0.647. The molecule has 0 rings (SSSR count). The van der Waals surface area contributed by atoms with Gasteiger partial charge >= 0.3 is 11.9 Å². The van der Waals surface area contributed by atoms with Crippen molar-refractivity contribution in [1.82, 2.24) is 16.0 Å². The van der Waals surface area contributed by atoms with Crippen molar-refractivity contribution < 1.29 is 39.3 Å². The number of amides is 3. The van der Waals surface area contributed by atoms with Gasteiger partial charge in [0.2, 0.25) is 17.7 Å². The first-order chi connectivity index (χ1) is 14.8. The molecule has 0 heterocycles. The summed E-state index contributed by atoms with van der Waals surface area (Å²) < 4.78 is 0. The molecular weight excluding hydrogens is 430 g/mol. The van der Waals surface area contributed by atoms with Gasteiger partial charge in [-0.1, -0.05) is 0 Å². The van der Waals surface area contributed by atoms with Gasteiger partial charge in [-0.25, -0.2) is 4.79 Å². The molecule has 0 bridgehead atoms. The maximum Gasteiger partial charge on any atom is 0.326 e. The molecule has 15 heteroatoms. The van der Waals surface area contributed by atoms with E-state index in [0.717, 1.165) is 0 Å². The molecule has 15 nitrogen and oxygen atoms in total. The normalized spacial score (nSPS) is 15.2. The molecule has 5 atom stereocenters. The van der Waals surface area contributed by atoms with Gasteiger partial charge < -0.3 is 48.5 Å². The predicted octanol–water partition coefficient (Wildman–Crippen LogP) is -4.22. The third-order valence-electron chi connectivity index (χ3n) is 4.05. The van der Waals surface area contributed by atoms with Gasteiger partial charge in [-0.3, -0.25) is 24.2 Å². The van der Waals surface area contributed by atoms with Gasteiger partial charge in [0.15, 0.2) is 5.96 Å². The highest BCUT2D eigenvalue weighted by Crippen LogP contribution is 2.04. The lowest BCUT2D eigenvalue weighted by Gasteiger charge is -2.26. The number of aliphatic hydroxyl groups is 1. The Hall–Kier alpha value is -3.46. The lowest BCUT2D eigenvalue weighted by atomic mass is 10.1. The Morgan fingerprint density at radius 1 is 0.906 bits per heavy atom. The second-order valence-electron chi connectivity index (χ2n) is 7.02. The number of hydrogen-bond acceptors (Lipinski definition) is 8. The van der Waals surface area contributed by atoms with Crippen LogP contribution in [0.1, 0.15) is 33.1 Å². The monoisotopic (exact) mass is 461 g/mol. The molecular formula is C17H31N7O8. The van der Waals surface area contributed by atoms with Gasteiger partial charge in [0.1, 0.15) is 18.1 Å². The van der Waals surface area contributed by atoms with Crippen molar-refractivity contribution in [1.29, 1.82) is 0 Å². The van der Waals surface area contributed by atoms with Gasteiger partial charge in [-0.05, 0) is 26.7 Å². The lowest BCUT2D eigenvalue weighted by Crippen LogP contribution is -2.59. The molecule has 0 aromatic rings. The van der Waals surface area contributed by atoms with Crippen molar-refractivity contribution in [2.24, 2.45) is 22.2 Å². The lowest BCUT2D eigenvalue weighted by molar-refractivity contribution is -0.147. The average molecular weight is 461 g/mol. The smallest absolute Gasteiger partial charge is 0.326 e. The molecule has 0 saturated carbocycles. The summed E-state index contributed by atoms with van der Waals surface area (Å²) in [7, 11) is 0. The van der Waals surface area contributed by atoms with Gasteiger partial charge in [-0.15, -0.1) is 0 Å². The first-order valence-corrected chi connectivity index (χ1v) is 9.61. The molecule has 12 N–H and O–H groups in total. The van der Waals surface area contributed by atoms with E-state index in [-0.39, 0.29) is 25.3 Å². The molecule has 3 amide bonds. The maximum atomic E-state index is 12.6. The minimum absolute atomic E-state index is 0.0679. The molecule has 182 valence electrons. The van der Waals surface area contributed by atoms with Crippen LogP contribution in [0, 0.1) is 0 Å². The second kappa shape index (κ2) is 13.8. The highest BCUT2D eigenvalue weighted by atomic mass is 16.4. The van der Waals surface area contributed by atoms with Crippen LogP contribution in [0.15, 0.2) is 4.99 Å². The number of nitrogens with one attached hydrogen (secondary N) is 3. The minimum Gasteiger partial charge on any atom is -0.481 e. The first-order valence-electron chi connectivity index (χ1n) is 9.61. The van der Waals surface area contributed by atoms with E-state index in [0.29, 0.717) is 0 Å². The van der Waals surface area contributed by atoms with E-state index in [1.807, 2.05) is 5.32 Å². The quantitative estimate of drug-likeness (QED) is 0.0679. The van der Waals surface area contributed by atoms with E-state index in [9.17, 15) is 29.1 Å². The molecule has 32 heavy (non-hydrogen) atoms. The number of carbonyl (C=O) groups excluding carboxylic acids is 3. The van der Waals surface area contributed by atoms with Crippen LogP contribution in [0.4, 0.5) is 0 Å². The summed E-state index contributed by atoms with van der Waals surface area (Å²) in [6.45, 7) is 2.67. The number of carboxylic acid groups (broad SMARTS) is 2. The Morgan fingerprint density at radius 2 is 1.47 bits per heavy atom. The van der Waals surface area contributed by atoms with Crippen molar-refractivity contribution in [2.75, 3.05) is 6.54 Å². The highest BCUT2D eigenvalue weighted by molar-refractivity contribution is 5.94. The van der Waals surface area contributed by atoms with E-state index >= 15 is 0 Å². The first kappa shape index (κ1) is 28.5. The number of aliphatic carboxylic acids is 2. The van der Waals surface area contributed by atoms with Gasteiger partial charge in [0.25, 0.3) is 0 Å². The van der Waals surface area contributed by atoms with Crippen molar-refractivity contribution >= 4 is 35.6 Å². The molecule has 0 aliphatic carbocycles. The molecule has 0 saturated heterocycles. The Bertz CT molecular complexity index is 722. The summed E-state index contributed by atoms with van der Waals surface area (Å²) in [5.41, 5.74) is 15.9. The Kier molecular flexibility index (Phi) is 12.3. The molecule has 0 aliphatic rings. The molecule has 0 aromatic carbocycles. The fourth-order valence-corrected chi connectivity index (χ4v) is 2.37. The SMILES string of the molecule is CC(N)C(=O)NC(C(=O)NC(CCCN=C(N)N)C(=O)NC(CC(=O)O)C(=O)O)C(C)O. The summed E-state index contributed by atoms with van der Waals surface area (Å²) in [5.74, 6) is -5.90. The Balaban J connectivity index is 5.51. The van der Waals surface area contributed by atoms with Gasteiger partial charge in [0, 0.05) is 6.54 Å². The van der Waals surface area contributed by atoms with Crippen LogP contribution < -0.4 is 33.2 Å². The van der Waals surface area contributed by atoms with Crippen LogP contribution in [0.2, 0.25) is 0 Å². The predicted molar refractivity (Wildman–Crippen MR) is 111 cm³/mol. The van der Waals surface area contributed by atoms with Crippen LogP contribution in [0.25, 0.3) is 0 Å². The number of carboxylic acids is 2. The number of carbonyl (C=O) groups is 5. The Labute approximate surface area is 183 Å². The standard InChI is InChI=1S/C17H31N7O8/c1-7(18)13(28)24-12(8(2)25)15(30)22-9(4-3-5-21-17(19)20)14(29)23-10(16(31)32)6-11(26)27/h7-10,12,25H,3-6,18H2,1-2H3,(H,22,30)(H,23,29)(H,24,28)(H,26,27)(H,31,32)(H4,19,20,21). The summed E-state index contributed by atoms with van der Waals surface area (Å²) in [5, 5.41) is 34.4. The molecule has 0 aromatic heterocycles. The van der Waals surface area contributed by atoms with Crippen molar-refractivity contribution in [2.45, 2.75) is 63.4 Å². The number of rotatable bonds is 14. The van der Waals surface area contributed by atoms with Crippen LogP contribution >= 0.6 is 0 Å². The maximum absolute atomic E-state index is 12.6. The molecule has 0 fully saturated rings. The average Bonchev–Trinajstić information content (AvgIpc) is 2.66. The van der Waals surface area contributed by atoms with Gasteiger partial charge in [-0.2, -0.15) is 0 Å². The zero-order chi connectivity index (χ0) is 25.0. The summed E-state index contributed by atoms with van der Waals surface area (Å²) in [4.78, 5) is 62.8. The minimum atomic E-state index is -1.75. The summed E-state index contributed by atoms with van der Waals surface area (Å²) in [6.07, 6.45) is -2.14.